The molecule has 1 heterocycles. The van der Waals surface area contributed by atoms with E-state index in [0.29, 0.717) is 19.3 Å². The number of aliphatic hydroxyl groups excluding tert-OH is 2. The number of cyclic esters (lactones) is 1. The molecule has 0 unspecified atom stereocenters. The van der Waals surface area contributed by atoms with Crippen LogP contribution in [0.25, 0.3) is 0 Å². The molecule has 0 aliphatic carbocycles. The van der Waals surface area contributed by atoms with Gasteiger partial charge in [0.25, 0.3) is 0 Å². The number of allylic oxidation sites excluding steroid dienone is 2. The van der Waals surface area contributed by atoms with E-state index < -0.39 is 12.2 Å². The van der Waals surface area contributed by atoms with Gasteiger partial charge in [-0.25, -0.2) is 0 Å². The largest absolute Gasteiger partial charge is 0.458 e. The fraction of sp³-hybridized carbons (Fsp3) is 0.650. The molecular formula is C20H32O4. The fourth-order valence-electron chi connectivity index (χ4n) is 2.48. The molecular weight excluding hydrogens is 304 g/mol. The van der Waals surface area contributed by atoms with Crippen molar-refractivity contribution in [1.82, 2.24) is 0 Å². The van der Waals surface area contributed by atoms with Crippen molar-refractivity contribution >= 4 is 5.97 Å². The third-order valence-electron chi connectivity index (χ3n) is 4.01. The molecule has 1 aliphatic rings. The Kier molecular flexibility index (Phi) is 11.2. The summed E-state index contributed by atoms with van der Waals surface area (Å²) in [5.74, 6) is -0.210. The first-order valence-corrected chi connectivity index (χ1v) is 9.17. The fourth-order valence-corrected chi connectivity index (χ4v) is 2.48. The smallest absolute Gasteiger partial charge is 0.306 e. The third-order valence-corrected chi connectivity index (χ3v) is 4.01. The summed E-state index contributed by atoms with van der Waals surface area (Å²) in [5, 5.41) is 20.0. The van der Waals surface area contributed by atoms with Crippen LogP contribution in [0.15, 0.2) is 36.5 Å². The normalized spacial score (nSPS) is 23.5. The second-order valence-corrected chi connectivity index (χ2v) is 6.27. The molecule has 0 saturated carbocycles. The highest BCUT2D eigenvalue weighted by molar-refractivity contribution is 5.69. The molecule has 0 amide bonds. The maximum Gasteiger partial charge on any atom is 0.306 e. The van der Waals surface area contributed by atoms with Gasteiger partial charge in [0.05, 0.1) is 12.2 Å². The molecule has 4 heteroatoms. The van der Waals surface area contributed by atoms with E-state index in [1.165, 1.54) is 18.9 Å². The first-order valence-electron chi connectivity index (χ1n) is 9.17. The summed E-state index contributed by atoms with van der Waals surface area (Å²) in [6.07, 6.45) is 16.8. The minimum Gasteiger partial charge on any atom is -0.458 e. The lowest BCUT2D eigenvalue weighted by molar-refractivity contribution is -0.146. The molecule has 1 aliphatic heterocycles. The van der Waals surface area contributed by atoms with Crippen LogP contribution in [0.3, 0.4) is 0 Å². The summed E-state index contributed by atoms with van der Waals surface area (Å²) < 4.78 is 5.35. The highest BCUT2D eigenvalue weighted by atomic mass is 16.5. The van der Waals surface area contributed by atoms with Gasteiger partial charge in [0.2, 0.25) is 0 Å². The molecule has 0 aromatic rings. The molecule has 3 atom stereocenters. The molecule has 0 aromatic carbocycles. The van der Waals surface area contributed by atoms with Crippen LogP contribution in [-0.4, -0.2) is 34.5 Å². The van der Waals surface area contributed by atoms with Gasteiger partial charge < -0.3 is 14.9 Å². The average Bonchev–Trinajstić information content (AvgIpc) is 2.67. The quantitative estimate of drug-likeness (QED) is 0.381. The zero-order valence-corrected chi connectivity index (χ0v) is 14.8. The van der Waals surface area contributed by atoms with Crippen molar-refractivity contribution in [1.29, 1.82) is 0 Å². The molecule has 0 bridgehead atoms. The SMILES string of the molecule is CCCCC/C=C\C[C@@H](O)[C@H](O)/C=C/[C@@H]1C/C=C\CCCC(=O)O1. The highest BCUT2D eigenvalue weighted by Gasteiger charge is 2.15. The van der Waals surface area contributed by atoms with Gasteiger partial charge in [-0.2, -0.15) is 0 Å². The minimum absolute atomic E-state index is 0.210. The molecule has 2 N–H and O–H groups in total. The number of rotatable bonds is 9. The zero-order valence-electron chi connectivity index (χ0n) is 14.8. The van der Waals surface area contributed by atoms with Crippen LogP contribution in [0, 0.1) is 0 Å². The Morgan fingerprint density at radius 2 is 2.12 bits per heavy atom. The molecule has 4 nitrogen and oxygen atoms in total. The monoisotopic (exact) mass is 336 g/mol. The second kappa shape index (κ2) is 13.0. The maximum atomic E-state index is 11.6. The van der Waals surface area contributed by atoms with Crippen LogP contribution < -0.4 is 0 Å². The van der Waals surface area contributed by atoms with Gasteiger partial charge in [0, 0.05) is 12.8 Å². The Morgan fingerprint density at radius 3 is 2.92 bits per heavy atom. The molecule has 0 radical (unpaired) electrons. The molecule has 0 saturated heterocycles. The Bertz CT molecular complexity index is 425. The van der Waals surface area contributed by atoms with E-state index in [-0.39, 0.29) is 12.1 Å². The van der Waals surface area contributed by atoms with Crippen LogP contribution in [0.2, 0.25) is 0 Å². The highest BCUT2D eigenvalue weighted by Crippen LogP contribution is 2.12. The van der Waals surface area contributed by atoms with E-state index in [9.17, 15) is 15.0 Å². The van der Waals surface area contributed by atoms with E-state index in [1.807, 2.05) is 12.2 Å². The first kappa shape index (κ1) is 20.7. The standard InChI is InChI=1S/C20H32O4/c1-2-3-4-5-6-10-13-18(21)19(22)16-15-17-12-9-7-8-11-14-20(23)24-17/h6-7,9-10,15-19,21-22H,2-5,8,11-14H2,1H3/b9-7-,10-6-,16-15+/t17-,18+,19+/m0/s1. The summed E-state index contributed by atoms with van der Waals surface area (Å²) in [6.45, 7) is 2.17. The lowest BCUT2D eigenvalue weighted by Gasteiger charge is -2.15. The van der Waals surface area contributed by atoms with Crippen LogP contribution in [0.5, 0.6) is 0 Å². The predicted octanol–water partition coefficient (Wildman–Crippen LogP) is 3.83. The number of unbranched alkanes of at least 4 members (excludes halogenated alkanes) is 3. The summed E-state index contributed by atoms with van der Waals surface area (Å²) in [4.78, 5) is 11.6. The summed E-state index contributed by atoms with van der Waals surface area (Å²) in [7, 11) is 0. The Morgan fingerprint density at radius 1 is 1.29 bits per heavy atom. The number of aliphatic hydroxyl groups is 2. The van der Waals surface area contributed by atoms with E-state index in [0.717, 1.165) is 25.7 Å². The number of hydrogen-bond acceptors (Lipinski definition) is 4. The minimum atomic E-state index is -0.958. The van der Waals surface area contributed by atoms with Crippen LogP contribution in [0.1, 0.15) is 64.7 Å². The van der Waals surface area contributed by atoms with Crippen molar-refractivity contribution in [3.63, 3.8) is 0 Å². The molecule has 0 fully saturated rings. The number of carbonyl (C=O) groups excluding carboxylic acids is 1. The Labute approximate surface area is 145 Å². The Balaban J connectivity index is 2.38. The topological polar surface area (TPSA) is 66.8 Å². The van der Waals surface area contributed by atoms with Crippen molar-refractivity contribution < 1.29 is 19.7 Å². The average molecular weight is 336 g/mol. The van der Waals surface area contributed by atoms with Crippen molar-refractivity contribution in [3.05, 3.63) is 36.5 Å². The van der Waals surface area contributed by atoms with Crippen LogP contribution >= 0.6 is 0 Å². The molecule has 0 aromatic heterocycles. The third kappa shape index (κ3) is 9.68. The number of ether oxygens (including phenoxy) is 1. The van der Waals surface area contributed by atoms with Gasteiger partial charge in [-0.05, 0) is 38.2 Å². The molecule has 0 spiro atoms. The Hall–Kier alpha value is -1.39. The van der Waals surface area contributed by atoms with Gasteiger partial charge >= 0.3 is 5.97 Å². The van der Waals surface area contributed by atoms with Gasteiger partial charge in [0.15, 0.2) is 0 Å². The number of hydrogen-bond donors (Lipinski definition) is 2. The second-order valence-electron chi connectivity index (χ2n) is 6.27. The van der Waals surface area contributed by atoms with Crippen molar-refractivity contribution in [3.8, 4) is 0 Å². The van der Waals surface area contributed by atoms with Gasteiger partial charge in [-0.15, -0.1) is 0 Å². The predicted molar refractivity (Wildman–Crippen MR) is 96.5 cm³/mol. The molecule has 136 valence electrons. The van der Waals surface area contributed by atoms with Gasteiger partial charge in [0.1, 0.15) is 6.10 Å². The molecule has 24 heavy (non-hydrogen) atoms. The zero-order chi connectivity index (χ0) is 17.6. The van der Waals surface area contributed by atoms with Crippen molar-refractivity contribution in [2.45, 2.75) is 83.0 Å². The summed E-state index contributed by atoms with van der Waals surface area (Å²) >= 11 is 0. The van der Waals surface area contributed by atoms with Gasteiger partial charge in [-0.1, -0.05) is 50.1 Å². The summed E-state index contributed by atoms with van der Waals surface area (Å²) in [6, 6.07) is 0. The van der Waals surface area contributed by atoms with Crippen molar-refractivity contribution in [2.24, 2.45) is 0 Å². The van der Waals surface area contributed by atoms with E-state index in [2.05, 4.69) is 19.1 Å². The summed E-state index contributed by atoms with van der Waals surface area (Å²) in [5.41, 5.74) is 0. The number of carbonyl (C=O) groups is 1. The van der Waals surface area contributed by atoms with E-state index >= 15 is 0 Å². The maximum absolute atomic E-state index is 11.6. The van der Waals surface area contributed by atoms with Gasteiger partial charge in [-0.3, -0.25) is 4.79 Å². The lowest BCUT2D eigenvalue weighted by atomic mass is 10.1. The van der Waals surface area contributed by atoms with Crippen molar-refractivity contribution in [2.75, 3.05) is 0 Å². The van der Waals surface area contributed by atoms with Crippen LogP contribution in [0.4, 0.5) is 0 Å². The number of esters is 1. The van der Waals surface area contributed by atoms with Crippen LogP contribution in [-0.2, 0) is 9.53 Å². The van der Waals surface area contributed by atoms with E-state index in [4.69, 9.17) is 4.74 Å². The van der Waals surface area contributed by atoms with E-state index in [1.54, 1.807) is 6.08 Å². The molecule has 1 rings (SSSR count). The lowest BCUT2D eigenvalue weighted by Crippen LogP contribution is -2.24. The first-order chi connectivity index (χ1) is 11.6.